The van der Waals surface area contributed by atoms with Crippen LogP contribution in [0.2, 0.25) is 0 Å². The molecule has 0 aliphatic carbocycles. The van der Waals surface area contributed by atoms with E-state index in [9.17, 15) is 30.3 Å². The molecule has 0 saturated carbocycles. The van der Waals surface area contributed by atoms with Gasteiger partial charge in [0.05, 0.1) is 25.4 Å². The van der Waals surface area contributed by atoms with Gasteiger partial charge in [-0.3, -0.25) is 4.79 Å². The normalized spacial score (nSPS) is 22.9. The fraction of sp³-hybridized carbons (Fsp3) is 0.605. The molecule has 1 saturated heterocycles. The minimum Gasteiger partial charge on any atom is -0.394 e. The van der Waals surface area contributed by atoms with Crippen molar-refractivity contribution in [2.45, 2.75) is 153 Å². The maximum atomic E-state index is 12.9. The Kier molecular flexibility index (Phi) is 29.7. The molecule has 1 aliphatic heterocycles. The molecule has 294 valence electrons. The summed E-state index contributed by atoms with van der Waals surface area (Å²) in [6, 6.07) is -0.849. The molecule has 1 heterocycles. The number of allylic oxidation sites excluding steroid dienone is 15. The van der Waals surface area contributed by atoms with Gasteiger partial charge in [-0.05, 0) is 83.5 Å². The topological polar surface area (TPSA) is 149 Å². The molecule has 7 atom stereocenters. The maximum Gasteiger partial charge on any atom is 0.220 e. The fourth-order valence-electron chi connectivity index (χ4n) is 5.28. The molecule has 0 spiro atoms. The zero-order chi connectivity index (χ0) is 38.1. The summed E-state index contributed by atoms with van der Waals surface area (Å²) in [4.78, 5) is 12.9. The van der Waals surface area contributed by atoms with Gasteiger partial charge in [0.15, 0.2) is 6.29 Å². The van der Waals surface area contributed by atoms with E-state index >= 15 is 0 Å². The molecule has 0 aromatic rings. The summed E-state index contributed by atoms with van der Waals surface area (Å²) in [5.41, 5.74) is 0. The molecule has 9 heteroatoms. The lowest BCUT2D eigenvalue weighted by molar-refractivity contribution is -0.302. The van der Waals surface area contributed by atoms with Crippen LogP contribution in [-0.4, -0.2) is 87.5 Å². The molecule has 52 heavy (non-hydrogen) atoms. The highest BCUT2D eigenvalue weighted by molar-refractivity contribution is 5.76. The number of nitrogens with one attached hydrogen (secondary N) is 1. The van der Waals surface area contributed by atoms with Crippen LogP contribution in [0.5, 0.6) is 0 Å². The quantitative estimate of drug-likeness (QED) is 0.0357. The lowest BCUT2D eigenvalue weighted by Crippen LogP contribution is -2.60. The van der Waals surface area contributed by atoms with Crippen molar-refractivity contribution in [2.24, 2.45) is 0 Å². The highest BCUT2D eigenvalue weighted by atomic mass is 16.7. The summed E-state index contributed by atoms with van der Waals surface area (Å²) in [6.45, 7) is 3.44. The van der Waals surface area contributed by atoms with Crippen LogP contribution in [0.15, 0.2) is 97.2 Å². The second-order valence-corrected chi connectivity index (χ2v) is 12.9. The number of unbranched alkanes of at least 4 members (excludes halogenated alkanes) is 5. The maximum absolute atomic E-state index is 12.9. The summed E-state index contributed by atoms with van der Waals surface area (Å²) >= 11 is 0. The predicted molar refractivity (Wildman–Crippen MR) is 211 cm³/mol. The molecule has 0 aromatic heterocycles. The van der Waals surface area contributed by atoms with Crippen LogP contribution in [0.1, 0.15) is 110 Å². The Morgan fingerprint density at radius 3 is 1.73 bits per heavy atom. The van der Waals surface area contributed by atoms with E-state index in [4.69, 9.17) is 9.47 Å². The number of carbonyl (C=O) groups is 1. The first kappa shape index (κ1) is 47.1. The Morgan fingerprint density at radius 2 is 1.15 bits per heavy atom. The summed E-state index contributed by atoms with van der Waals surface area (Å²) in [5, 5.41) is 53.8. The first-order valence-electron chi connectivity index (χ1n) is 19.5. The van der Waals surface area contributed by atoms with Crippen molar-refractivity contribution in [3.8, 4) is 0 Å². The van der Waals surface area contributed by atoms with Crippen molar-refractivity contribution in [2.75, 3.05) is 13.2 Å². The Bertz CT molecular complexity index is 1120. The van der Waals surface area contributed by atoms with Gasteiger partial charge >= 0.3 is 0 Å². The van der Waals surface area contributed by atoms with Crippen molar-refractivity contribution in [3.63, 3.8) is 0 Å². The van der Waals surface area contributed by atoms with Gasteiger partial charge in [0, 0.05) is 6.42 Å². The lowest BCUT2D eigenvalue weighted by Gasteiger charge is -2.40. The van der Waals surface area contributed by atoms with E-state index in [0.29, 0.717) is 12.8 Å². The molecule has 7 unspecified atom stereocenters. The molecule has 1 amide bonds. The Hall–Kier alpha value is -2.89. The number of aliphatic hydroxyl groups is 5. The molecule has 0 bridgehead atoms. The van der Waals surface area contributed by atoms with Gasteiger partial charge in [-0.2, -0.15) is 0 Å². The van der Waals surface area contributed by atoms with Crippen LogP contribution >= 0.6 is 0 Å². The van der Waals surface area contributed by atoms with Crippen LogP contribution in [0, 0.1) is 0 Å². The average Bonchev–Trinajstić information content (AvgIpc) is 3.14. The number of ether oxygens (including phenoxy) is 2. The summed E-state index contributed by atoms with van der Waals surface area (Å²) in [5.74, 6) is -0.232. The van der Waals surface area contributed by atoms with Crippen LogP contribution in [0.3, 0.4) is 0 Å². The lowest BCUT2D eigenvalue weighted by atomic mass is 9.99. The van der Waals surface area contributed by atoms with Gasteiger partial charge in [-0.25, -0.2) is 0 Å². The Morgan fingerprint density at radius 1 is 0.654 bits per heavy atom. The van der Waals surface area contributed by atoms with Gasteiger partial charge in [0.25, 0.3) is 0 Å². The fourth-order valence-corrected chi connectivity index (χ4v) is 5.28. The van der Waals surface area contributed by atoms with Crippen molar-refractivity contribution in [1.29, 1.82) is 0 Å². The largest absolute Gasteiger partial charge is 0.394 e. The molecular formula is C43H69NO8. The number of aliphatic hydroxyl groups excluding tert-OH is 5. The van der Waals surface area contributed by atoms with Crippen LogP contribution < -0.4 is 5.32 Å². The molecule has 0 radical (unpaired) electrons. The standard InChI is InChI=1S/C43H69NO8/c1-3-5-7-9-11-13-15-16-17-18-19-20-21-22-23-25-27-29-31-33-39(47)44-36(35-51-43-42(50)41(49)40(48)38(34-45)52-43)37(46)32-30-28-26-24-14-12-10-8-6-4-2/h5-8,11,13-14,16-17,19-20,22-24,30,32,36-38,40-43,45-46,48-50H,3-4,9-10,12,15,18,21,25-29,31,33-35H2,1-2H3,(H,44,47)/b7-5-,8-6+,13-11-,17-16-,20-19-,23-22-,24-14+,32-30+. The van der Waals surface area contributed by atoms with Crippen molar-refractivity contribution >= 4 is 5.91 Å². The van der Waals surface area contributed by atoms with Gasteiger partial charge < -0.3 is 40.3 Å². The SMILES string of the molecule is CC/C=C\C/C=C\C/C=C\C/C=C\C/C=C\CCCCCC(=O)NC(COC1OC(CO)C(O)C(O)C1O)C(O)/C=C/CC/C=C/CC/C=C/CC. The number of amides is 1. The van der Waals surface area contributed by atoms with E-state index in [0.717, 1.165) is 77.0 Å². The third kappa shape index (κ3) is 23.6. The van der Waals surface area contributed by atoms with Gasteiger partial charge in [0.1, 0.15) is 24.4 Å². The van der Waals surface area contributed by atoms with Gasteiger partial charge in [0.2, 0.25) is 5.91 Å². The minimum absolute atomic E-state index is 0.227. The first-order valence-corrected chi connectivity index (χ1v) is 19.5. The smallest absolute Gasteiger partial charge is 0.220 e. The van der Waals surface area contributed by atoms with Gasteiger partial charge in [-0.15, -0.1) is 0 Å². The first-order chi connectivity index (χ1) is 25.3. The van der Waals surface area contributed by atoms with Crippen LogP contribution in [-0.2, 0) is 14.3 Å². The molecule has 1 fully saturated rings. The summed E-state index contributed by atoms with van der Waals surface area (Å²) < 4.78 is 11.1. The zero-order valence-corrected chi connectivity index (χ0v) is 31.8. The molecule has 6 N–H and O–H groups in total. The highest BCUT2D eigenvalue weighted by Crippen LogP contribution is 2.22. The number of hydrogen-bond acceptors (Lipinski definition) is 8. The highest BCUT2D eigenvalue weighted by Gasteiger charge is 2.44. The molecule has 1 aliphatic rings. The van der Waals surface area contributed by atoms with E-state index in [1.165, 1.54) is 0 Å². The third-order valence-electron chi connectivity index (χ3n) is 8.38. The van der Waals surface area contributed by atoms with E-state index < -0.39 is 49.5 Å². The number of carbonyl (C=O) groups excluding carboxylic acids is 1. The number of rotatable bonds is 29. The van der Waals surface area contributed by atoms with Gasteiger partial charge in [-0.1, -0.05) is 117 Å². The summed E-state index contributed by atoms with van der Waals surface area (Å²) in [7, 11) is 0. The average molecular weight is 728 g/mol. The monoisotopic (exact) mass is 728 g/mol. The Balaban J connectivity index is 2.47. The van der Waals surface area contributed by atoms with Crippen molar-refractivity contribution < 1.29 is 39.8 Å². The van der Waals surface area contributed by atoms with Crippen molar-refractivity contribution in [1.82, 2.24) is 5.32 Å². The van der Waals surface area contributed by atoms with Crippen molar-refractivity contribution in [3.05, 3.63) is 97.2 Å². The molecule has 1 rings (SSSR count). The van der Waals surface area contributed by atoms with E-state index in [2.05, 4.69) is 104 Å². The predicted octanol–water partition coefficient (Wildman–Crippen LogP) is 6.99. The second-order valence-electron chi connectivity index (χ2n) is 12.9. The summed E-state index contributed by atoms with van der Waals surface area (Å²) in [6.07, 6.45) is 38.9. The number of hydrogen-bond donors (Lipinski definition) is 6. The van der Waals surface area contributed by atoms with Crippen LogP contribution in [0.25, 0.3) is 0 Å². The third-order valence-corrected chi connectivity index (χ3v) is 8.38. The van der Waals surface area contributed by atoms with E-state index in [-0.39, 0.29) is 18.9 Å². The minimum atomic E-state index is -1.58. The van der Waals surface area contributed by atoms with E-state index in [1.54, 1.807) is 6.08 Å². The van der Waals surface area contributed by atoms with Crippen LogP contribution in [0.4, 0.5) is 0 Å². The molecular weight excluding hydrogens is 658 g/mol. The molecule has 0 aromatic carbocycles. The zero-order valence-electron chi connectivity index (χ0n) is 31.8. The second kappa shape index (κ2) is 32.7. The Labute approximate surface area is 313 Å². The van der Waals surface area contributed by atoms with E-state index in [1.807, 2.05) is 6.08 Å². The molecule has 9 nitrogen and oxygen atoms in total.